The molecule has 0 saturated carbocycles. The van der Waals surface area contributed by atoms with E-state index in [9.17, 15) is 0 Å². The van der Waals surface area contributed by atoms with Gasteiger partial charge in [0.15, 0.2) is 0 Å². The normalized spacial score (nSPS) is 21.5. The Labute approximate surface area is 137 Å². The molecule has 0 amide bonds. The van der Waals surface area contributed by atoms with Crippen molar-refractivity contribution in [2.45, 2.75) is 23.5 Å². The second-order valence-corrected chi connectivity index (χ2v) is 7.63. The van der Waals surface area contributed by atoms with Crippen LogP contribution in [0.5, 0.6) is 0 Å². The summed E-state index contributed by atoms with van der Waals surface area (Å²) in [6.07, 6.45) is 1.19. The standard InChI is InChI=1S/C20H21NS/c1-14-7-9-15(10-8-14)20-16-5-3-4-6-18(16)22-19-13-21(2)12-11-17(19)20/h3-10,19H,11-13H2,1-2H3. The number of aryl methyl sites for hydroxylation is 1. The fraction of sp³-hybridized carbons (Fsp3) is 0.300. The molecule has 2 heterocycles. The lowest BCUT2D eigenvalue weighted by Crippen LogP contribution is -2.37. The highest BCUT2D eigenvalue weighted by atomic mass is 32.2. The van der Waals surface area contributed by atoms with Gasteiger partial charge in [-0.1, -0.05) is 48.0 Å². The zero-order valence-corrected chi connectivity index (χ0v) is 14.0. The minimum absolute atomic E-state index is 0.602. The molecule has 1 saturated heterocycles. The minimum Gasteiger partial charge on any atom is -0.305 e. The third kappa shape index (κ3) is 2.41. The molecule has 0 N–H and O–H groups in total. The fourth-order valence-electron chi connectivity index (χ4n) is 3.51. The van der Waals surface area contributed by atoms with Gasteiger partial charge in [0.2, 0.25) is 0 Å². The summed E-state index contributed by atoms with van der Waals surface area (Å²) < 4.78 is 0. The molecule has 0 bridgehead atoms. The van der Waals surface area contributed by atoms with Crippen molar-refractivity contribution in [1.82, 2.24) is 4.90 Å². The number of benzene rings is 2. The zero-order valence-electron chi connectivity index (χ0n) is 13.2. The minimum atomic E-state index is 0.602. The van der Waals surface area contributed by atoms with Gasteiger partial charge in [-0.25, -0.2) is 0 Å². The highest BCUT2D eigenvalue weighted by molar-refractivity contribution is 8.00. The fourth-order valence-corrected chi connectivity index (χ4v) is 4.98. The Morgan fingerprint density at radius 2 is 1.82 bits per heavy atom. The molecule has 2 aliphatic rings. The van der Waals surface area contributed by atoms with Crippen molar-refractivity contribution in [3.8, 4) is 0 Å². The summed E-state index contributed by atoms with van der Waals surface area (Å²) in [5.74, 6) is 0. The van der Waals surface area contributed by atoms with E-state index in [2.05, 4.69) is 67.4 Å². The summed E-state index contributed by atoms with van der Waals surface area (Å²) in [4.78, 5) is 3.89. The van der Waals surface area contributed by atoms with E-state index in [1.165, 1.54) is 40.1 Å². The summed E-state index contributed by atoms with van der Waals surface area (Å²) in [5.41, 5.74) is 7.26. The van der Waals surface area contributed by atoms with Crippen LogP contribution in [0, 0.1) is 6.92 Å². The number of likely N-dealkylation sites (tertiary alicyclic amines) is 1. The van der Waals surface area contributed by atoms with Gasteiger partial charge in [-0.2, -0.15) is 0 Å². The average Bonchev–Trinajstić information content (AvgIpc) is 2.53. The number of piperidine rings is 1. The first-order valence-electron chi connectivity index (χ1n) is 7.97. The van der Waals surface area contributed by atoms with Gasteiger partial charge in [-0.15, -0.1) is 11.8 Å². The van der Waals surface area contributed by atoms with Crippen LogP contribution in [0.3, 0.4) is 0 Å². The number of thioether (sulfide) groups is 1. The molecule has 2 aliphatic heterocycles. The molecule has 4 rings (SSSR count). The van der Waals surface area contributed by atoms with Gasteiger partial charge >= 0.3 is 0 Å². The predicted molar refractivity (Wildman–Crippen MR) is 95.4 cm³/mol. The van der Waals surface area contributed by atoms with Crippen LogP contribution in [-0.4, -0.2) is 30.3 Å². The van der Waals surface area contributed by atoms with Crippen molar-refractivity contribution >= 4 is 17.3 Å². The van der Waals surface area contributed by atoms with Crippen molar-refractivity contribution in [2.24, 2.45) is 0 Å². The van der Waals surface area contributed by atoms with Crippen molar-refractivity contribution in [3.05, 3.63) is 70.8 Å². The Kier molecular flexibility index (Phi) is 3.59. The largest absolute Gasteiger partial charge is 0.305 e. The molecule has 0 radical (unpaired) electrons. The Bertz CT molecular complexity index is 730. The van der Waals surface area contributed by atoms with Crippen LogP contribution in [0.2, 0.25) is 0 Å². The molecule has 22 heavy (non-hydrogen) atoms. The highest BCUT2D eigenvalue weighted by Gasteiger charge is 2.31. The van der Waals surface area contributed by atoms with Crippen LogP contribution in [-0.2, 0) is 0 Å². The molecule has 1 fully saturated rings. The number of nitrogens with zero attached hydrogens (tertiary/aromatic N) is 1. The van der Waals surface area contributed by atoms with E-state index < -0.39 is 0 Å². The van der Waals surface area contributed by atoms with E-state index in [-0.39, 0.29) is 0 Å². The summed E-state index contributed by atoms with van der Waals surface area (Å²) in [6.45, 7) is 4.48. The molecule has 1 nitrogen and oxygen atoms in total. The van der Waals surface area contributed by atoms with E-state index in [1.54, 1.807) is 5.57 Å². The van der Waals surface area contributed by atoms with Crippen molar-refractivity contribution < 1.29 is 0 Å². The number of hydrogen-bond donors (Lipinski definition) is 0. The Morgan fingerprint density at radius 3 is 2.64 bits per heavy atom. The molecule has 2 aromatic carbocycles. The monoisotopic (exact) mass is 307 g/mol. The van der Waals surface area contributed by atoms with Gasteiger partial charge in [0.05, 0.1) is 0 Å². The van der Waals surface area contributed by atoms with Gasteiger partial charge in [-0.05, 0) is 48.7 Å². The lowest BCUT2D eigenvalue weighted by Gasteiger charge is -2.37. The Hall–Kier alpha value is -1.51. The Balaban J connectivity index is 1.91. The first-order chi connectivity index (χ1) is 10.7. The Morgan fingerprint density at radius 1 is 1.05 bits per heavy atom. The second-order valence-electron chi connectivity index (χ2n) is 6.38. The van der Waals surface area contributed by atoms with Crippen LogP contribution in [0.4, 0.5) is 0 Å². The van der Waals surface area contributed by atoms with E-state index in [1.807, 2.05) is 11.8 Å². The van der Waals surface area contributed by atoms with Crippen LogP contribution in [0.25, 0.3) is 5.57 Å². The average molecular weight is 307 g/mol. The van der Waals surface area contributed by atoms with Gasteiger partial charge < -0.3 is 4.90 Å². The topological polar surface area (TPSA) is 3.24 Å². The quantitative estimate of drug-likeness (QED) is 0.757. The molecular weight excluding hydrogens is 286 g/mol. The number of fused-ring (bicyclic) bond motifs is 2. The lowest BCUT2D eigenvalue weighted by molar-refractivity contribution is 0.317. The molecule has 2 heteroatoms. The molecule has 2 aromatic rings. The summed E-state index contributed by atoms with van der Waals surface area (Å²) in [6, 6.07) is 18.0. The summed E-state index contributed by atoms with van der Waals surface area (Å²) >= 11 is 2.05. The molecule has 0 spiro atoms. The zero-order chi connectivity index (χ0) is 15.1. The van der Waals surface area contributed by atoms with E-state index >= 15 is 0 Å². The molecule has 0 aliphatic carbocycles. The first-order valence-corrected chi connectivity index (χ1v) is 8.85. The van der Waals surface area contributed by atoms with Gasteiger partial charge in [0, 0.05) is 23.2 Å². The van der Waals surface area contributed by atoms with E-state index in [0.717, 1.165) is 6.54 Å². The van der Waals surface area contributed by atoms with Crippen molar-refractivity contribution in [2.75, 3.05) is 20.1 Å². The van der Waals surface area contributed by atoms with Crippen LogP contribution in [0.15, 0.2) is 59.0 Å². The molecule has 112 valence electrons. The van der Waals surface area contributed by atoms with E-state index in [4.69, 9.17) is 0 Å². The SMILES string of the molecule is Cc1ccc(C2=C3CCN(C)CC3Sc3ccccc32)cc1. The molecule has 1 atom stereocenters. The first kappa shape index (κ1) is 14.1. The third-order valence-corrected chi connectivity index (χ3v) is 6.04. The van der Waals surface area contributed by atoms with Crippen LogP contribution in [0.1, 0.15) is 23.1 Å². The molecule has 0 aromatic heterocycles. The van der Waals surface area contributed by atoms with Gasteiger partial charge in [-0.3, -0.25) is 0 Å². The maximum Gasteiger partial charge on any atom is 0.0441 e. The maximum absolute atomic E-state index is 2.46. The highest BCUT2D eigenvalue weighted by Crippen LogP contribution is 2.46. The lowest BCUT2D eigenvalue weighted by atomic mass is 9.87. The number of hydrogen-bond acceptors (Lipinski definition) is 2. The molecule has 1 unspecified atom stereocenters. The van der Waals surface area contributed by atoms with Crippen LogP contribution < -0.4 is 0 Å². The van der Waals surface area contributed by atoms with Gasteiger partial charge in [0.1, 0.15) is 0 Å². The third-order valence-electron chi connectivity index (χ3n) is 4.72. The van der Waals surface area contributed by atoms with Gasteiger partial charge in [0.25, 0.3) is 0 Å². The van der Waals surface area contributed by atoms with E-state index in [0.29, 0.717) is 5.25 Å². The summed E-state index contributed by atoms with van der Waals surface area (Å²) in [7, 11) is 2.24. The predicted octanol–water partition coefficient (Wildman–Crippen LogP) is 4.61. The van der Waals surface area contributed by atoms with Crippen molar-refractivity contribution in [1.29, 1.82) is 0 Å². The smallest absolute Gasteiger partial charge is 0.0441 e. The second kappa shape index (κ2) is 5.60. The van der Waals surface area contributed by atoms with Crippen molar-refractivity contribution in [3.63, 3.8) is 0 Å². The summed E-state index contributed by atoms with van der Waals surface area (Å²) in [5, 5.41) is 0.602. The number of rotatable bonds is 1. The van der Waals surface area contributed by atoms with Crippen LogP contribution >= 0.6 is 11.8 Å². The molecular formula is C20H21NS. The maximum atomic E-state index is 2.46.